The molecule has 36 heavy (non-hydrogen) atoms. The van der Waals surface area contributed by atoms with Crippen LogP contribution >= 0.6 is 0 Å². The summed E-state index contributed by atoms with van der Waals surface area (Å²) in [5.74, 6) is -2.63. The van der Waals surface area contributed by atoms with Crippen molar-refractivity contribution in [2.75, 3.05) is 6.61 Å². The molecule has 192 valence electrons. The van der Waals surface area contributed by atoms with Crippen LogP contribution in [-0.2, 0) is 42.9 Å². The second-order valence-electron chi connectivity index (χ2n) is 8.05. The number of aliphatic imine (C=N–C) groups is 1. The quantitative estimate of drug-likeness (QED) is 0.303. The van der Waals surface area contributed by atoms with Gasteiger partial charge in [0.25, 0.3) is 0 Å². The fraction of sp³-hybridized carbons (Fsp3) is 0.400. The predicted molar refractivity (Wildman–Crippen MR) is 125 cm³/mol. The van der Waals surface area contributed by atoms with Crippen LogP contribution in [0.15, 0.2) is 53.8 Å². The zero-order chi connectivity index (χ0) is 26.2. The molecule has 1 fully saturated rings. The number of carbonyl (C=O) groups excluding carboxylic acids is 4. The maximum atomic E-state index is 12.0. The Kier molecular flexibility index (Phi) is 8.96. The molecule has 1 aliphatic heterocycles. The van der Waals surface area contributed by atoms with Crippen molar-refractivity contribution in [2.45, 2.75) is 58.3 Å². The van der Waals surface area contributed by atoms with E-state index in [1.165, 1.54) is 33.9 Å². The van der Waals surface area contributed by atoms with Crippen LogP contribution in [0.2, 0.25) is 0 Å². The third-order valence-electron chi connectivity index (χ3n) is 5.14. The van der Waals surface area contributed by atoms with Crippen LogP contribution in [0.4, 0.5) is 0 Å². The van der Waals surface area contributed by atoms with Crippen LogP contribution in [0.5, 0.6) is 0 Å². The molecule has 2 heterocycles. The molecule has 1 aromatic carbocycles. The summed E-state index contributed by atoms with van der Waals surface area (Å²) in [6, 6.07) is 10.2. The molecule has 2 aromatic rings. The highest BCUT2D eigenvalue weighted by molar-refractivity contribution is 5.80. The normalized spacial score (nSPS) is 23.6. The van der Waals surface area contributed by atoms with E-state index in [1.54, 1.807) is 0 Å². The van der Waals surface area contributed by atoms with Crippen molar-refractivity contribution in [2.24, 2.45) is 4.99 Å². The van der Waals surface area contributed by atoms with E-state index in [0.717, 1.165) is 5.69 Å². The largest absolute Gasteiger partial charge is 0.463 e. The number of benzene rings is 1. The summed E-state index contributed by atoms with van der Waals surface area (Å²) in [6.45, 7) is 4.41. The Morgan fingerprint density at radius 1 is 0.861 bits per heavy atom. The lowest BCUT2D eigenvalue weighted by Crippen LogP contribution is -2.61. The van der Waals surface area contributed by atoms with Gasteiger partial charge in [-0.2, -0.15) is 0 Å². The van der Waals surface area contributed by atoms with Gasteiger partial charge in [-0.3, -0.25) is 24.2 Å². The zero-order valence-electron chi connectivity index (χ0n) is 20.4. The van der Waals surface area contributed by atoms with Crippen molar-refractivity contribution in [3.63, 3.8) is 0 Å². The third-order valence-corrected chi connectivity index (χ3v) is 5.14. The first-order valence-electron chi connectivity index (χ1n) is 11.2. The number of hydrogen-bond donors (Lipinski definition) is 0. The Balaban J connectivity index is 1.94. The van der Waals surface area contributed by atoms with Crippen LogP contribution in [0.25, 0.3) is 5.69 Å². The molecule has 0 aliphatic carbocycles. The summed E-state index contributed by atoms with van der Waals surface area (Å²) < 4.78 is 29.0. The van der Waals surface area contributed by atoms with E-state index < -0.39 is 54.5 Å². The molecule has 5 atom stereocenters. The van der Waals surface area contributed by atoms with Gasteiger partial charge in [0.2, 0.25) is 6.29 Å². The maximum absolute atomic E-state index is 12.0. The van der Waals surface area contributed by atoms with Gasteiger partial charge in [0, 0.05) is 52.0 Å². The van der Waals surface area contributed by atoms with Crippen molar-refractivity contribution in [1.82, 2.24) is 4.57 Å². The second-order valence-corrected chi connectivity index (χ2v) is 8.05. The smallest absolute Gasteiger partial charge is 0.305 e. The molecule has 3 rings (SSSR count). The number of carbonyl (C=O) groups is 4. The number of nitrogens with zero attached hydrogens (tertiary/aromatic N) is 2. The number of ether oxygens (including phenoxy) is 5. The lowest BCUT2D eigenvalue weighted by Gasteiger charge is -2.42. The van der Waals surface area contributed by atoms with Crippen LogP contribution < -0.4 is 0 Å². The molecule has 11 heteroatoms. The Morgan fingerprint density at radius 3 is 2.00 bits per heavy atom. The molecule has 0 N–H and O–H groups in total. The maximum Gasteiger partial charge on any atom is 0.305 e. The van der Waals surface area contributed by atoms with Gasteiger partial charge in [0.15, 0.2) is 18.2 Å². The first kappa shape index (κ1) is 26.6. The number of rotatable bonds is 8. The van der Waals surface area contributed by atoms with Gasteiger partial charge in [-0.25, -0.2) is 0 Å². The molecule has 0 spiro atoms. The van der Waals surface area contributed by atoms with Crippen molar-refractivity contribution in [1.29, 1.82) is 0 Å². The molecule has 1 aromatic heterocycles. The van der Waals surface area contributed by atoms with Gasteiger partial charge in [0.1, 0.15) is 12.7 Å². The van der Waals surface area contributed by atoms with Gasteiger partial charge >= 0.3 is 23.9 Å². The zero-order valence-corrected chi connectivity index (χ0v) is 20.4. The summed E-state index contributed by atoms with van der Waals surface area (Å²) in [5.41, 5.74) is 1.65. The predicted octanol–water partition coefficient (Wildman–Crippen LogP) is 1.98. The molecule has 11 nitrogen and oxygen atoms in total. The van der Waals surface area contributed by atoms with Crippen LogP contribution in [0, 0.1) is 0 Å². The fourth-order valence-corrected chi connectivity index (χ4v) is 3.72. The van der Waals surface area contributed by atoms with E-state index in [2.05, 4.69) is 4.99 Å². The van der Waals surface area contributed by atoms with E-state index in [0.29, 0.717) is 5.56 Å². The lowest BCUT2D eigenvalue weighted by atomic mass is 9.96. The minimum atomic E-state index is -1.31. The van der Waals surface area contributed by atoms with E-state index in [4.69, 9.17) is 23.7 Å². The van der Waals surface area contributed by atoms with Gasteiger partial charge in [0.05, 0.1) is 0 Å². The molecule has 1 saturated heterocycles. The van der Waals surface area contributed by atoms with Crippen molar-refractivity contribution >= 4 is 30.1 Å². The van der Waals surface area contributed by atoms with E-state index >= 15 is 0 Å². The Hall–Kier alpha value is -3.99. The average molecular weight is 501 g/mol. The van der Waals surface area contributed by atoms with Crippen molar-refractivity contribution in [3.8, 4) is 5.69 Å². The van der Waals surface area contributed by atoms with E-state index in [9.17, 15) is 19.2 Å². The monoisotopic (exact) mass is 500 g/mol. The van der Waals surface area contributed by atoms with Crippen LogP contribution in [-0.4, -0.2) is 71.9 Å². The van der Waals surface area contributed by atoms with Crippen LogP contribution in [0.1, 0.15) is 33.3 Å². The summed E-state index contributed by atoms with van der Waals surface area (Å²) in [5, 5.41) is 0. The Morgan fingerprint density at radius 2 is 1.44 bits per heavy atom. The Labute approximate surface area is 207 Å². The summed E-state index contributed by atoms with van der Waals surface area (Å²) >= 11 is 0. The van der Waals surface area contributed by atoms with Crippen LogP contribution in [0.3, 0.4) is 0 Å². The minimum absolute atomic E-state index is 0.333. The first-order valence-corrected chi connectivity index (χ1v) is 11.2. The van der Waals surface area contributed by atoms with Gasteiger partial charge < -0.3 is 28.3 Å². The second kappa shape index (κ2) is 12.1. The molecular formula is C25H28N2O9. The molecule has 0 amide bonds. The first-order chi connectivity index (χ1) is 17.1. The SMILES string of the molecule is CC(=O)OC[C@H]1O[C@@H](OC(C)=O)[C@H](N=Cc2ccc(-n3cccc3)cc2)[C@@H](OC(C)=O)[C@@H]1OC(C)=O. The summed E-state index contributed by atoms with van der Waals surface area (Å²) in [7, 11) is 0. The molecule has 0 saturated carbocycles. The fourth-order valence-electron chi connectivity index (χ4n) is 3.72. The van der Waals surface area contributed by atoms with Gasteiger partial charge in [-0.15, -0.1) is 0 Å². The number of esters is 4. The molecular weight excluding hydrogens is 472 g/mol. The molecule has 0 unspecified atom stereocenters. The van der Waals surface area contributed by atoms with Gasteiger partial charge in [-0.1, -0.05) is 12.1 Å². The van der Waals surface area contributed by atoms with E-state index in [-0.39, 0.29) is 6.61 Å². The summed E-state index contributed by atoms with van der Waals surface area (Å²) in [6.07, 6.45) is 0.566. The number of hydrogen-bond acceptors (Lipinski definition) is 10. The Bertz CT molecular complexity index is 1100. The molecule has 0 bridgehead atoms. The van der Waals surface area contributed by atoms with Crippen molar-refractivity contribution in [3.05, 3.63) is 54.4 Å². The lowest BCUT2D eigenvalue weighted by molar-refractivity contribution is -0.266. The van der Waals surface area contributed by atoms with E-state index in [1.807, 2.05) is 53.4 Å². The standard InChI is InChI=1S/C25H28N2O9/c1-15(28)32-14-21-23(33-16(2)29)24(34-17(3)30)22(25(36-21)35-18(4)31)26-13-19-7-9-20(10-8-19)27-11-5-6-12-27/h5-13,21-25H,14H2,1-4H3/t21-,22-,23-,24-,25-/m1/s1. The highest BCUT2D eigenvalue weighted by Crippen LogP contribution is 2.30. The van der Waals surface area contributed by atoms with Crippen molar-refractivity contribution < 1.29 is 42.9 Å². The number of aromatic nitrogens is 1. The van der Waals surface area contributed by atoms with Gasteiger partial charge in [-0.05, 0) is 29.8 Å². The third kappa shape index (κ3) is 7.25. The minimum Gasteiger partial charge on any atom is -0.463 e. The topological polar surface area (TPSA) is 132 Å². The molecule has 1 aliphatic rings. The highest BCUT2D eigenvalue weighted by Gasteiger charge is 2.51. The summed E-state index contributed by atoms with van der Waals surface area (Å²) in [4.78, 5) is 51.5. The average Bonchev–Trinajstić information content (AvgIpc) is 3.33. The molecule has 0 radical (unpaired) electrons. The highest BCUT2D eigenvalue weighted by atomic mass is 16.7.